The second-order valence-electron chi connectivity index (χ2n) is 5.72. The fourth-order valence-corrected chi connectivity index (χ4v) is 4.10. The molecule has 0 atom stereocenters. The van der Waals surface area contributed by atoms with Gasteiger partial charge in [0.15, 0.2) is 5.13 Å². The standard InChI is InChI=1S/C18H18N2OS/c1-12-4-3-5-16-17(12)19-18(22-16)20-9-8-13-10-15(21-2)7-6-14(13)11-20/h3-7,10H,8-9,11H2,1-2H3. The molecule has 4 rings (SSSR count). The van der Waals surface area contributed by atoms with Crippen LogP contribution in [-0.4, -0.2) is 18.6 Å². The maximum absolute atomic E-state index is 5.32. The molecule has 4 heteroatoms. The molecule has 1 aromatic heterocycles. The first kappa shape index (κ1) is 13.6. The fraction of sp³-hybridized carbons (Fsp3) is 0.278. The van der Waals surface area contributed by atoms with E-state index in [4.69, 9.17) is 9.72 Å². The summed E-state index contributed by atoms with van der Waals surface area (Å²) in [6.07, 6.45) is 1.04. The quantitative estimate of drug-likeness (QED) is 0.710. The average molecular weight is 310 g/mol. The first-order valence-corrected chi connectivity index (χ1v) is 8.33. The number of anilines is 1. The summed E-state index contributed by atoms with van der Waals surface area (Å²) in [5.41, 5.74) is 5.17. The monoisotopic (exact) mass is 310 g/mol. The smallest absolute Gasteiger partial charge is 0.186 e. The molecule has 0 bridgehead atoms. The van der Waals surface area contributed by atoms with E-state index in [9.17, 15) is 0 Å². The van der Waals surface area contributed by atoms with E-state index in [2.05, 4.69) is 42.2 Å². The van der Waals surface area contributed by atoms with Crippen molar-refractivity contribution < 1.29 is 4.74 Å². The molecule has 1 aliphatic rings. The SMILES string of the molecule is COc1ccc2c(c1)CCN(c1nc3c(C)cccc3s1)C2. The summed E-state index contributed by atoms with van der Waals surface area (Å²) in [5.74, 6) is 0.947. The zero-order valence-corrected chi connectivity index (χ0v) is 13.6. The van der Waals surface area contributed by atoms with Crippen LogP contribution in [0.4, 0.5) is 5.13 Å². The van der Waals surface area contributed by atoms with Crippen LogP contribution >= 0.6 is 11.3 Å². The summed E-state index contributed by atoms with van der Waals surface area (Å²) in [7, 11) is 1.72. The van der Waals surface area contributed by atoms with Gasteiger partial charge in [-0.2, -0.15) is 0 Å². The molecule has 22 heavy (non-hydrogen) atoms. The van der Waals surface area contributed by atoms with Crippen molar-refractivity contribution in [2.24, 2.45) is 0 Å². The third-order valence-electron chi connectivity index (χ3n) is 4.31. The zero-order valence-electron chi connectivity index (χ0n) is 12.8. The molecule has 0 radical (unpaired) electrons. The molecule has 0 spiro atoms. The molecule has 3 nitrogen and oxygen atoms in total. The van der Waals surface area contributed by atoms with E-state index in [1.165, 1.54) is 21.4 Å². The summed E-state index contributed by atoms with van der Waals surface area (Å²) in [5, 5.41) is 1.13. The predicted octanol–water partition coefficient (Wildman–Crippen LogP) is 4.18. The molecule has 0 aliphatic carbocycles. The van der Waals surface area contributed by atoms with Crippen molar-refractivity contribution in [2.75, 3.05) is 18.6 Å². The Morgan fingerprint density at radius 3 is 2.91 bits per heavy atom. The highest BCUT2D eigenvalue weighted by atomic mass is 32.1. The van der Waals surface area contributed by atoms with Crippen molar-refractivity contribution in [1.82, 2.24) is 4.98 Å². The largest absolute Gasteiger partial charge is 0.497 e. The Balaban J connectivity index is 1.67. The molecule has 0 saturated heterocycles. The Kier molecular flexibility index (Phi) is 3.26. The third-order valence-corrected chi connectivity index (χ3v) is 5.39. The zero-order chi connectivity index (χ0) is 15.1. The number of hydrogen-bond acceptors (Lipinski definition) is 4. The van der Waals surface area contributed by atoms with Gasteiger partial charge in [0.25, 0.3) is 0 Å². The number of para-hydroxylation sites is 1. The topological polar surface area (TPSA) is 25.4 Å². The number of benzene rings is 2. The maximum Gasteiger partial charge on any atom is 0.186 e. The van der Waals surface area contributed by atoms with Crippen molar-refractivity contribution in [3.63, 3.8) is 0 Å². The number of fused-ring (bicyclic) bond motifs is 2. The normalized spacial score (nSPS) is 14.2. The van der Waals surface area contributed by atoms with Gasteiger partial charge in [-0.15, -0.1) is 0 Å². The van der Waals surface area contributed by atoms with Crippen LogP contribution in [0.15, 0.2) is 36.4 Å². The summed E-state index contributed by atoms with van der Waals surface area (Å²) in [4.78, 5) is 7.25. The van der Waals surface area contributed by atoms with Crippen molar-refractivity contribution >= 4 is 26.7 Å². The highest BCUT2D eigenvalue weighted by Crippen LogP contribution is 2.33. The minimum atomic E-state index is 0.929. The number of ether oxygens (including phenoxy) is 1. The molecule has 3 aromatic rings. The first-order chi connectivity index (χ1) is 10.7. The van der Waals surface area contributed by atoms with Crippen LogP contribution in [0.1, 0.15) is 16.7 Å². The lowest BCUT2D eigenvalue weighted by atomic mass is 10.00. The molecular formula is C18H18N2OS. The van der Waals surface area contributed by atoms with Crippen LogP contribution in [-0.2, 0) is 13.0 Å². The predicted molar refractivity (Wildman–Crippen MR) is 92.1 cm³/mol. The van der Waals surface area contributed by atoms with Crippen molar-refractivity contribution in [1.29, 1.82) is 0 Å². The second kappa shape index (κ2) is 5.29. The van der Waals surface area contributed by atoms with Gasteiger partial charge in [-0.25, -0.2) is 4.98 Å². The van der Waals surface area contributed by atoms with Gasteiger partial charge in [0.05, 0.1) is 17.3 Å². The first-order valence-electron chi connectivity index (χ1n) is 7.51. The van der Waals surface area contributed by atoms with Gasteiger partial charge in [-0.05, 0) is 48.2 Å². The fourth-order valence-electron chi connectivity index (χ4n) is 3.03. The third kappa shape index (κ3) is 2.24. The summed E-state index contributed by atoms with van der Waals surface area (Å²) < 4.78 is 6.59. The number of nitrogens with zero attached hydrogens (tertiary/aromatic N) is 2. The van der Waals surface area contributed by atoms with Crippen LogP contribution in [0.2, 0.25) is 0 Å². The maximum atomic E-state index is 5.32. The number of aryl methyl sites for hydroxylation is 1. The molecular weight excluding hydrogens is 292 g/mol. The highest BCUT2D eigenvalue weighted by molar-refractivity contribution is 7.22. The summed E-state index contributed by atoms with van der Waals surface area (Å²) >= 11 is 1.79. The van der Waals surface area contributed by atoms with Gasteiger partial charge in [0.2, 0.25) is 0 Å². The molecule has 1 aliphatic heterocycles. The van der Waals surface area contributed by atoms with Crippen LogP contribution in [0, 0.1) is 6.92 Å². The molecule has 0 fully saturated rings. The van der Waals surface area contributed by atoms with Crippen LogP contribution in [0.25, 0.3) is 10.2 Å². The van der Waals surface area contributed by atoms with Crippen LogP contribution < -0.4 is 9.64 Å². The van der Waals surface area contributed by atoms with E-state index in [1.54, 1.807) is 18.4 Å². The van der Waals surface area contributed by atoms with Crippen molar-refractivity contribution in [3.8, 4) is 5.75 Å². The van der Waals surface area contributed by atoms with E-state index in [1.807, 2.05) is 6.07 Å². The molecule has 0 saturated carbocycles. The van der Waals surface area contributed by atoms with E-state index in [0.29, 0.717) is 0 Å². The molecule has 0 unspecified atom stereocenters. The van der Waals surface area contributed by atoms with Crippen molar-refractivity contribution in [3.05, 3.63) is 53.1 Å². The molecule has 2 aromatic carbocycles. The van der Waals surface area contributed by atoms with Gasteiger partial charge in [-0.1, -0.05) is 29.5 Å². The Morgan fingerprint density at radius 2 is 2.09 bits per heavy atom. The summed E-state index contributed by atoms with van der Waals surface area (Å²) in [6, 6.07) is 12.8. The molecule has 0 N–H and O–H groups in total. The van der Waals surface area contributed by atoms with Gasteiger partial charge in [-0.3, -0.25) is 0 Å². The number of thiazole rings is 1. The minimum absolute atomic E-state index is 0.929. The van der Waals surface area contributed by atoms with E-state index in [-0.39, 0.29) is 0 Å². The van der Waals surface area contributed by atoms with E-state index >= 15 is 0 Å². The number of hydrogen-bond donors (Lipinski definition) is 0. The lowest BCUT2D eigenvalue weighted by Crippen LogP contribution is -2.30. The average Bonchev–Trinajstić information content (AvgIpc) is 2.99. The minimum Gasteiger partial charge on any atom is -0.497 e. The van der Waals surface area contributed by atoms with Crippen LogP contribution in [0.5, 0.6) is 5.75 Å². The van der Waals surface area contributed by atoms with Gasteiger partial charge >= 0.3 is 0 Å². The van der Waals surface area contributed by atoms with Crippen LogP contribution in [0.3, 0.4) is 0 Å². The van der Waals surface area contributed by atoms with Gasteiger partial charge in [0.1, 0.15) is 5.75 Å². The highest BCUT2D eigenvalue weighted by Gasteiger charge is 2.20. The molecule has 2 heterocycles. The van der Waals surface area contributed by atoms with Gasteiger partial charge < -0.3 is 9.64 Å². The van der Waals surface area contributed by atoms with Gasteiger partial charge in [0, 0.05) is 13.1 Å². The number of aromatic nitrogens is 1. The van der Waals surface area contributed by atoms with Crippen molar-refractivity contribution in [2.45, 2.75) is 19.9 Å². The lowest BCUT2D eigenvalue weighted by molar-refractivity contribution is 0.414. The number of rotatable bonds is 2. The Hall–Kier alpha value is -2.07. The molecule has 112 valence electrons. The lowest BCUT2D eigenvalue weighted by Gasteiger charge is -2.28. The van der Waals surface area contributed by atoms with E-state index in [0.717, 1.165) is 35.9 Å². The Morgan fingerprint density at radius 1 is 1.18 bits per heavy atom. The van der Waals surface area contributed by atoms with E-state index < -0.39 is 0 Å². The second-order valence-corrected chi connectivity index (χ2v) is 6.73. The number of methoxy groups -OCH3 is 1. The molecule has 0 amide bonds. The summed E-state index contributed by atoms with van der Waals surface area (Å²) in [6.45, 7) is 4.07. The Labute approximate surface area is 134 Å². The Bertz CT molecular complexity index is 840.